The third-order valence-corrected chi connectivity index (χ3v) is 4.68. The Morgan fingerprint density at radius 1 is 1.28 bits per heavy atom. The van der Waals surface area contributed by atoms with E-state index in [-0.39, 0.29) is 0 Å². The molecule has 0 fully saturated rings. The standard InChI is InChI=1S/C20H19N5/c1-12-5-4-8-16-17(12)18(19(25-16)20(22)24-11-21)14-9-13-6-2-3-7-15(13)23-10-14/h2-3,6-7,9-11,25H,1,4-5,8H2,(H3,21,22,24). The highest BCUT2D eigenvalue weighted by molar-refractivity contribution is 6.07. The molecule has 0 saturated carbocycles. The zero-order valence-electron chi connectivity index (χ0n) is 13.8. The molecule has 0 unspecified atom stereocenters. The number of nitrogens with two attached hydrogens (primary N) is 1. The number of benzene rings is 1. The van der Waals surface area contributed by atoms with Gasteiger partial charge in [-0.3, -0.25) is 10.4 Å². The number of amidine groups is 1. The van der Waals surface area contributed by atoms with Crippen molar-refractivity contribution in [2.75, 3.05) is 0 Å². The van der Waals surface area contributed by atoms with E-state index < -0.39 is 0 Å². The number of aliphatic imine (C=N–C) groups is 1. The molecular weight excluding hydrogens is 310 g/mol. The number of rotatable bonds is 3. The minimum Gasteiger partial charge on any atom is -0.382 e. The number of aryl methyl sites for hydroxylation is 1. The smallest absolute Gasteiger partial charge is 0.149 e. The van der Waals surface area contributed by atoms with Crippen LogP contribution in [0.4, 0.5) is 0 Å². The summed E-state index contributed by atoms with van der Waals surface area (Å²) in [5.41, 5.74) is 13.2. The molecular formula is C20H19N5. The van der Waals surface area contributed by atoms with Crippen molar-refractivity contribution < 1.29 is 0 Å². The number of aromatic nitrogens is 2. The molecule has 2 aromatic heterocycles. The third-order valence-electron chi connectivity index (χ3n) is 4.68. The number of allylic oxidation sites excluding steroid dienone is 1. The van der Waals surface area contributed by atoms with E-state index >= 15 is 0 Å². The summed E-state index contributed by atoms with van der Waals surface area (Å²) in [6.45, 7) is 4.26. The fourth-order valence-corrected chi connectivity index (χ4v) is 3.56. The van der Waals surface area contributed by atoms with Crippen LogP contribution in [0, 0.1) is 5.41 Å². The van der Waals surface area contributed by atoms with Crippen molar-refractivity contribution in [3.8, 4) is 11.1 Å². The maximum Gasteiger partial charge on any atom is 0.149 e. The average Bonchev–Trinajstić information content (AvgIpc) is 3.02. The number of aromatic amines is 1. The minimum atomic E-state index is 0.306. The summed E-state index contributed by atoms with van der Waals surface area (Å²) in [5.74, 6) is 0.306. The van der Waals surface area contributed by atoms with E-state index in [0.717, 1.165) is 70.2 Å². The number of H-pyrrole nitrogens is 1. The van der Waals surface area contributed by atoms with Gasteiger partial charge in [0.2, 0.25) is 0 Å². The van der Waals surface area contributed by atoms with Crippen LogP contribution >= 0.6 is 0 Å². The van der Waals surface area contributed by atoms with E-state index in [1.807, 2.05) is 24.4 Å². The highest BCUT2D eigenvalue weighted by atomic mass is 14.9. The first-order valence-corrected chi connectivity index (χ1v) is 8.29. The number of hydrogen-bond acceptors (Lipinski definition) is 2. The van der Waals surface area contributed by atoms with Crippen LogP contribution in [0.25, 0.3) is 27.6 Å². The average molecular weight is 329 g/mol. The second-order valence-corrected chi connectivity index (χ2v) is 6.25. The Kier molecular flexibility index (Phi) is 3.69. The van der Waals surface area contributed by atoms with Crippen molar-refractivity contribution in [1.29, 1.82) is 5.41 Å². The Labute approximate surface area is 145 Å². The van der Waals surface area contributed by atoms with Gasteiger partial charge >= 0.3 is 0 Å². The van der Waals surface area contributed by atoms with Crippen LogP contribution in [0.3, 0.4) is 0 Å². The molecule has 0 atom stereocenters. The minimum absolute atomic E-state index is 0.306. The molecule has 0 saturated heterocycles. The predicted molar refractivity (Wildman–Crippen MR) is 103 cm³/mol. The molecule has 0 aliphatic heterocycles. The van der Waals surface area contributed by atoms with Crippen molar-refractivity contribution in [1.82, 2.24) is 9.97 Å². The van der Waals surface area contributed by atoms with Crippen molar-refractivity contribution in [3.63, 3.8) is 0 Å². The lowest BCUT2D eigenvalue weighted by atomic mass is 9.88. The number of fused-ring (bicyclic) bond motifs is 2. The van der Waals surface area contributed by atoms with Gasteiger partial charge in [-0.15, -0.1) is 0 Å². The maximum atomic E-state index is 7.23. The quantitative estimate of drug-likeness (QED) is 0.502. The van der Waals surface area contributed by atoms with Gasteiger partial charge in [0.05, 0.1) is 11.2 Å². The molecule has 1 aliphatic carbocycles. The molecule has 4 rings (SSSR count). The second kappa shape index (κ2) is 6.02. The molecule has 2 heterocycles. The summed E-state index contributed by atoms with van der Waals surface area (Å²) in [6, 6.07) is 10.2. The van der Waals surface area contributed by atoms with Gasteiger partial charge in [-0.2, -0.15) is 0 Å². The third kappa shape index (κ3) is 2.54. The Balaban J connectivity index is 2.00. The lowest BCUT2D eigenvalue weighted by Gasteiger charge is -2.16. The van der Waals surface area contributed by atoms with Gasteiger partial charge < -0.3 is 10.7 Å². The number of para-hydroxylation sites is 1. The van der Waals surface area contributed by atoms with Crippen LogP contribution in [0.1, 0.15) is 29.8 Å². The van der Waals surface area contributed by atoms with Gasteiger partial charge in [-0.25, -0.2) is 4.99 Å². The molecule has 0 radical (unpaired) electrons. The Bertz CT molecular complexity index is 1030. The molecule has 0 bridgehead atoms. The highest BCUT2D eigenvalue weighted by Crippen LogP contribution is 2.40. The lowest BCUT2D eigenvalue weighted by Crippen LogP contribution is -2.15. The normalized spacial score (nSPS) is 14.6. The van der Waals surface area contributed by atoms with E-state index in [1.54, 1.807) is 0 Å². The van der Waals surface area contributed by atoms with Crippen LogP contribution in [-0.2, 0) is 6.42 Å². The largest absolute Gasteiger partial charge is 0.382 e. The van der Waals surface area contributed by atoms with Gasteiger partial charge in [0, 0.05) is 34.0 Å². The highest BCUT2D eigenvalue weighted by Gasteiger charge is 2.25. The van der Waals surface area contributed by atoms with Crippen LogP contribution in [0.5, 0.6) is 0 Å². The molecule has 1 aliphatic rings. The number of pyridine rings is 1. The monoisotopic (exact) mass is 329 g/mol. The van der Waals surface area contributed by atoms with Crippen molar-refractivity contribution >= 4 is 28.7 Å². The van der Waals surface area contributed by atoms with Crippen molar-refractivity contribution in [2.24, 2.45) is 10.7 Å². The zero-order valence-corrected chi connectivity index (χ0v) is 13.8. The molecule has 1 aromatic carbocycles. The molecule has 0 amide bonds. The molecule has 3 aromatic rings. The van der Waals surface area contributed by atoms with Gasteiger partial charge in [0.15, 0.2) is 0 Å². The number of hydrogen-bond donors (Lipinski definition) is 3. The van der Waals surface area contributed by atoms with E-state index in [2.05, 4.69) is 33.7 Å². The summed E-state index contributed by atoms with van der Waals surface area (Å²) in [6.07, 6.45) is 5.84. The number of nitrogens with zero attached hydrogens (tertiary/aromatic N) is 2. The van der Waals surface area contributed by atoms with Crippen molar-refractivity contribution in [2.45, 2.75) is 19.3 Å². The van der Waals surface area contributed by atoms with E-state index in [1.165, 1.54) is 0 Å². The topological polar surface area (TPSA) is 90.9 Å². The summed E-state index contributed by atoms with van der Waals surface area (Å²) in [5, 5.41) is 8.31. The predicted octanol–water partition coefficient (Wildman–Crippen LogP) is 3.89. The first kappa shape index (κ1) is 15.3. The summed E-state index contributed by atoms with van der Waals surface area (Å²) in [7, 11) is 0. The second-order valence-electron chi connectivity index (χ2n) is 6.25. The Hall–Kier alpha value is -3.21. The Morgan fingerprint density at radius 2 is 2.12 bits per heavy atom. The summed E-state index contributed by atoms with van der Waals surface area (Å²) >= 11 is 0. The van der Waals surface area contributed by atoms with Crippen LogP contribution in [-0.4, -0.2) is 22.1 Å². The number of nitrogens with one attached hydrogen (secondary N) is 2. The summed E-state index contributed by atoms with van der Waals surface area (Å²) < 4.78 is 0. The van der Waals surface area contributed by atoms with Gasteiger partial charge in [0.25, 0.3) is 0 Å². The van der Waals surface area contributed by atoms with Gasteiger partial charge in [-0.05, 0) is 37.0 Å². The van der Waals surface area contributed by atoms with Crippen LogP contribution in [0.15, 0.2) is 48.1 Å². The molecule has 124 valence electrons. The first-order valence-electron chi connectivity index (χ1n) is 8.29. The Morgan fingerprint density at radius 3 is 2.96 bits per heavy atom. The molecule has 4 N–H and O–H groups in total. The first-order chi connectivity index (χ1) is 12.2. The maximum absolute atomic E-state index is 7.23. The molecule has 25 heavy (non-hydrogen) atoms. The van der Waals surface area contributed by atoms with E-state index in [9.17, 15) is 0 Å². The molecule has 0 spiro atoms. The van der Waals surface area contributed by atoms with Crippen molar-refractivity contribution in [3.05, 3.63) is 60.1 Å². The molecule has 5 heteroatoms. The van der Waals surface area contributed by atoms with E-state index in [4.69, 9.17) is 11.1 Å². The molecule has 5 nitrogen and oxygen atoms in total. The van der Waals surface area contributed by atoms with Gasteiger partial charge in [-0.1, -0.05) is 24.8 Å². The fourth-order valence-electron chi connectivity index (χ4n) is 3.56. The van der Waals surface area contributed by atoms with E-state index in [0.29, 0.717) is 5.84 Å². The SMILES string of the molecule is C=C1CCCc2[nH]c(C(N)=NC=N)c(-c3cnc4ccccc4c3)c21. The van der Waals surface area contributed by atoms with Gasteiger partial charge in [0.1, 0.15) is 12.2 Å². The van der Waals surface area contributed by atoms with Crippen LogP contribution < -0.4 is 5.73 Å². The summed E-state index contributed by atoms with van der Waals surface area (Å²) in [4.78, 5) is 12.0. The fraction of sp³-hybridized carbons (Fsp3) is 0.150. The zero-order chi connectivity index (χ0) is 17.4. The lowest BCUT2D eigenvalue weighted by molar-refractivity contribution is 0.805. The van der Waals surface area contributed by atoms with Crippen LogP contribution in [0.2, 0.25) is 0 Å².